The van der Waals surface area contributed by atoms with Crippen molar-refractivity contribution in [1.82, 2.24) is 0 Å². The van der Waals surface area contributed by atoms with Crippen LogP contribution in [0.3, 0.4) is 0 Å². The molecule has 1 fully saturated rings. The summed E-state index contributed by atoms with van der Waals surface area (Å²) < 4.78 is 5.52. The van der Waals surface area contributed by atoms with E-state index in [1.54, 1.807) is 12.1 Å². The molecule has 2 rings (SSSR count). The molecule has 1 saturated heterocycles. The molecule has 1 aromatic carbocycles. The second kappa shape index (κ2) is 5.19. The van der Waals surface area contributed by atoms with Gasteiger partial charge in [0.15, 0.2) is 5.78 Å². The number of anilines is 2. The third-order valence-corrected chi connectivity index (χ3v) is 3.00. The molecular weight excluding hydrogens is 216 g/mol. The molecule has 0 saturated carbocycles. The molecule has 0 aliphatic carbocycles. The van der Waals surface area contributed by atoms with Crippen molar-refractivity contribution in [1.29, 1.82) is 0 Å². The summed E-state index contributed by atoms with van der Waals surface area (Å²) in [7, 11) is 0. The maximum Gasteiger partial charge on any atom is 0.159 e. The number of benzene rings is 1. The lowest BCUT2D eigenvalue weighted by atomic mass is 10.1. The van der Waals surface area contributed by atoms with Crippen molar-refractivity contribution in [2.24, 2.45) is 0 Å². The number of nitrogens with two attached hydrogens (primary N) is 1. The first kappa shape index (κ1) is 11.9. The standard InChI is InChI=1S/C13H18N2O2/c1-9(16)10-4-5-13(12(14)7-10)15-8-11-3-2-6-17-11/h4-5,7,11,15H,2-3,6,8,14H2,1H3. The maximum atomic E-state index is 11.2. The first-order valence-corrected chi connectivity index (χ1v) is 5.93. The van der Waals surface area contributed by atoms with Gasteiger partial charge in [0.2, 0.25) is 0 Å². The molecule has 1 aliphatic heterocycles. The fraction of sp³-hybridized carbons (Fsp3) is 0.462. The highest BCUT2D eigenvalue weighted by atomic mass is 16.5. The molecule has 0 bridgehead atoms. The third kappa shape index (κ3) is 2.97. The Hall–Kier alpha value is -1.55. The van der Waals surface area contributed by atoms with Gasteiger partial charge in [-0.25, -0.2) is 0 Å². The van der Waals surface area contributed by atoms with Crippen LogP contribution in [0.15, 0.2) is 18.2 Å². The Labute approximate surface area is 101 Å². The number of carbonyl (C=O) groups is 1. The molecule has 0 spiro atoms. The zero-order chi connectivity index (χ0) is 12.3. The number of rotatable bonds is 4. The minimum atomic E-state index is 0.0300. The molecule has 0 aromatic heterocycles. The lowest BCUT2D eigenvalue weighted by Crippen LogP contribution is -2.19. The van der Waals surface area contributed by atoms with Crippen LogP contribution >= 0.6 is 0 Å². The Balaban J connectivity index is 1.98. The predicted octanol–water partition coefficient (Wildman–Crippen LogP) is 2.06. The second-order valence-electron chi connectivity index (χ2n) is 4.37. The number of ether oxygens (including phenoxy) is 1. The van der Waals surface area contributed by atoms with Gasteiger partial charge in [-0.2, -0.15) is 0 Å². The van der Waals surface area contributed by atoms with Crippen LogP contribution in [0.1, 0.15) is 30.1 Å². The monoisotopic (exact) mass is 234 g/mol. The van der Waals surface area contributed by atoms with E-state index in [9.17, 15) is 4.79 Å². The van der Waals surface area contributed by atoms with Crippen molar-refractivity contribution in [2.75, 3.05) is 24.2 Å². The summed E-state index contributed by atoms with van der Waals surface area (Å²) in [5.41, 5.74) is 8.01. The van der Waals surface area contributed by atoms with E-state index >= 15 is 0 Å². The van der Waals surface area contributed by atoms with E-state index in [1.165, 1.54) is 6.92 Å². The molecule has 1 atom stereocenters. The lowest BCUT2D eigenvalue weighted by molar-refractivity contribution is 0.101. The molecule has 0 radical (unpaired) electrons. The van der Waals surface area contributed by atoms with E-state index in [0.29, 0.717) is 11.3 Å². The smallest absolute Gasteiger partial charge is 0.159 e. The van der Waals surface area contributed by atoms with Gasteiger partial charge in [-0.05, 0) is 38.0 Å². The van der Waals surface area contributed by atoms with Crippen molar-refractivity contribution >= 4 is 17.2 Å². The van der Waals surface area contributed by atoms with Crippen LogP contribution < -0.4 is 11.1 Å². The summed E-state index contributed by atoms with van der Waals surface area (Å²) in [6.45, 7) is 3.16. The number of hydrogen-bond acceptors (Lipinski definition) is 4. The fourth-order valence-corrected chi connectivity index (χ4v) is 1.97. The van der Waals surface area contributed by atoms with Crippen LogP contribution in [0.25, 0.3) is 0 Å². The SMILES string of the molecule is CC(=O)c1ccc(NCC2CCCO2)c(N)c1. The number of hydrogen-bond donors (Lipinski definition) is 2. The fourth-order valence-electron chi connectivity index (χ4n) is 1.97. The first-order valence-electron chi connectivity index (χ1n) is 5.93. The summed E-state index contributed by atoms with van der Waals surface area (Å²) in [6.07, 6.45) is 2.51. The van der Waals surface area contributed by atoms with Gasteiger partial charge in [-0.3, -0.25) is 4.79 Å². The zero-order valence-electron chi connectivity index (χ0n) is 10.0. The number of nitrogen functional groups attached to an aromatic ring is 1. The molecule has 1 unspecified atom stereocenters. The number of Topliss-reactive ketones (excluding diaryl/α,β-unsaturated/α-hetero) is 1. The van der Waals surface area contributed by atoms with Crippen LogP contribution in [0.2, 0.25) is 0 Å². The van der Waals surface area contributed by atoms with Crippen molar-refractivity contribution < 1.29 is 9.53 Å². The molecule has 3 N–H and O–H groups in total. The van der Waals surface area contributed by atoms with Gasteiger partial charge in [0.25, 0.3) is 0 Å². The van der Waals surface area contributed by atoms with E-state index in [-0.39, 0.29) is 11.9 Å². The summed E-state index contributed by atoms with van der Waals surface area (Å²) >= 11 is 0. The summed E-state index contributed by atoms with van der Waals surface area (Å²) in [5.74, 6) is 0.0300. The van der Waals surface area contributed by atoms with E-state index in [1.807, 2.05) is 6.07 Å². The number of carbonyl (C=O) groups excluding carboxylic acids is 1. The molecule has 1 heterocycles. The zero-order valence-corrected chi connectivity index (χ0v) is 10.0. The Morgan fingerprint density at radius 1 is 1.59 bits per heavy atom. The second-order valence-corrected chi connectivity index (χ2v) is 4.37. The lowest BCUT2D eigenvalue weighted by Gasteiger charge is -2.14. The van der Waals surface area contributed by atoms with Crippen molar-refractivity contribution in [2.45, 2.75) is 25.9 Å². The van der Waals surface area contributed by atoms with Gasteiger partial charge < -0.3 is 15.8 Å². The van der Waals surface area contributed by atoms with E-state index in [2.05, 4.69) is 5.32 Å². The topological polar surface area (TPSA) is 64.3 Å². The van der Waals surface area contributed by atoms with Crippen LogP contribution in [-0.2, 0) is 4.74 Å². The minimum Gasteiger partial charge on any atom is -0.397 e. The molecular formula is C13H18N2O2. The molecule has 17 heavy (non-hydrogen) atoms. The molecule has 0 amide bonds. The van der Waals surface area contributed by atoms with Crippen LogP contribution in [0, 0.1) is 0 Å². The maximum absolute atomic E-state index is 11.2. The first-order chi connectivity index (χ1) is 8.16. The molecule has 1 aliphatic rings. The van der Waals surface area contributed by atoms with Crippen molar-refractivity contribution in [3.05, 3.63) is 23.8 Å². The largest absolute Gasteiger partial charge is 0.397 e. The number of nitrogens with one attached hydrogen (secondary N) is 1. The Kier molecular flexibility index (Phi) is 3.64. The van der Waals surface area contributed by atoms with Crippen LogP contribution in [-0.4, -0.2) is 25.0 Å². The Morgan fingerprint density at radius 3 is 3.00 bits per heavy atom. The number of ketones is 1. The molecule has 4 nitrogen and oxygen atoms in total. The van der Waals surface area contributed by atoms with Gasteiger partial charge in [0, 0.05) is 18.7 Å². The molecule has 1 aromatic rings. The highest BCUT2D eigenvalue weighted by Crippen LogP contribution is 2.21. The molecule has 92 valence electrons. The summed E-state index contributed by atoms with van der Waals surface area (Å²) in [6, 6.07) is 5.34. The average Bonchev–Trinajstić information content (AvgIpc) is 2.80. The Bertz CT molecular complexity index is 412. The van der Waals surface area contributed by atoms with Gasteiger partial charge >= 0.3 is 0 Å². The third-order valence-electron chi connectivity index (χ3n) is 3.00. The highest BCUT2D eigenvalue weighted by Gasteiger charge is 2.15. The van der Waals surface area contributed by atoms with Gasteiger partial charge in [-0.1, -0.05) is 0 Å². The van der Waals surface area contributed by atoms with Crippen molar-refractivity contribution in [3.8, 4) is 0 Å². The van der Waals surface area contributed by atoms with E-state index in [4.69, 9.17) is 10.5 Å². The van der Waals surface area contributed by atoms with Crippen LogP contribution in [0.4, 0.5) is 11.4 Å². The summed E-state index contributed by atoms with van der Waals surface area (Å²) in [4.78, 5) is 11.2. The Morgan fingerprint density at radius 2 is 2.41 bits per heavy atom. The average molecular weight is 234 g/mol. The van der Waals surface area contributed by atoms with Crippen LogP contribution in [0.5, 0.6) is 0 Å². The highest BCUT2D eigenvalue weighted by molar-refractivity contribution is 5.95. The van der Waals surface area contributed by atoms with Gasteiger partial charge in [-0.15, -0.1) is 0 Å². The van der Waals surface area contributed by atoms with E-state index in [0.717, 1.165) is 31.7 Å². The minimum absolute atomic E-state index is 0.0300. The molecule has 4 heteroatoms. The quantitative estimate of drug-likeness (QED) is 0.618. The summed E-state index contributed by atoms with van der Waals surface area (Å²) in [5, 5.41) is 3.26. The normalized spacial score (nSPS) is 19.2. The van der Waals surface area contributed by atoms with Gasteiger partial charge in [0.05, 0.1) is 17.5 Å². The van der Waals surface area contributed by atoms with Crippen molar-refractivity contribution in [3.63, 3.8) is 0 Å². The van der Waals surface area contributed by atoms with Gasteiger partial charge in [0.1, 0.15) is 0 Å². The predicted molar refractivity (Wildman–Crippen MR) is 68.3 cm³/mol. The van der Waals surface area contributed by atoms with E-state index < -0.39 is 0 Å².